The smallest absolute Gasteiger partial charge is 0.307 e. The number of ether oxygens (including phenoxy) is 1. The number of amides is 1. The first kappa shape index (κ1) is 21.7. The fraction of sp³-hybridized carbons (Fsp3) is 0.417. The lowest BCUT2D eigenvalue weighted by Gasteiger charge is -2.22. The molecule has 0 unspecified atom stereocenters. The first-order valence-corrected chi connectivity index (χ1v) is 10.1. The second-order valence-corrected chi connectivity index (χ2v) is 7.01. The third-order valence-corrected chi connectivity index (χ3v) is 4.73. The van der Waals surface area contributed by atoms with Crippen LogP contribution >= 0.6 is 0 Å². The molecule has 4 heteroatoms. The lowest BCUT2D eigenvalue weighted by molar-refractivity contribution is -0.144. The monoisotopic (exact) mass is 381 g/mol. The molecule has 0 radical (unpaired) electrons. The van der Waals surface area contributed by atoms with Gasteiger partial charge in [0.15, 0.2) is 0 Å². The molecule has 0 heterocycles. The van der Waals surface area contributed by atoms with Crippen LogP contribution in [-0.2, 0) is 27.2 Å². The molecule has 0 fully saturated rings. The zero-order chi connectivity index (χ0) is 20.2. The van der Waals surface area contributed by atoms with E-state index in [9.17, 15) is 9.59 Å². The van der Waals surface area contributed by atoms with E-state index in [4.69, 9.17) is 4.74 Å². The van der Waals surface area contributed by atoms with Crippen LogP contribution in [0.5, 0.6) is 0 Å². The number of carbonyl (C=O) groups is 2. The third-order valence-electron chi connectivity index (χ3n) is 4.73. The van der Waals surface area contributed by atoms with Crippen molar-refractivity contribution >= 4 is 11.9 Å². The van der Waals surface area contributed by atoms with Crippen molar-refractivity contribution < 1.29 is 14.3 Å². The third kappa shape index (κ3) is 7.95. The van der Waals surface area contributed by atoms with Crippen molar-refractivity contribution in [3.63, 3.8) is 0 Å². The molecule has 0 aliphatic heterocycles. The molecule has 2 aromatic rings. The molecule has 1 amide bonds. The first-order valence-electron chi connectivity index (χ1n) is 10.1. The predicted molar refractivity (Wildman–Crippen MR) is 112 cm³/mol. The summed E-state index contributed by atoms with van der Waals surface area (Å²) < 4.78 is 5.01. The highest BCUT2D eigenvalue weighted by molar-refractivity contribution is 5.77. The van der Waals surface area contributed by atoms with Crippen LogP contribution in [0.25, 0.3) is 0 Å². The minimum atomic E-state index is -0.250. The van der Waals surface area contributed by atoms with Gasteiger partial charge in [0.2, 0.25) is 5.91 Å². The number of aryl methyl sites for hydroxylation is 2. The maximum Gasteiger partial charge on any atom is 0.307 e. The van der Waals surface area contributed by atoms with Crippen molar-refractivity contribution in [3.05, 3.63) is 71.3 Å². The van der Waals surface area contributed by atoms with Crippen molar-refractivity contribution in [1.82, 2.24) is 4.90 Å². The number of rotatable bonds is 11. The maximum atomic E-state index is 12.8. The summed E-state index contributed by atoms with van der Waals surface area (Å²) in [6, 6.07) is 18.5. The molecule has 0 spiro atoms. The van der Waals surface area contributed by atoms with Gasteiger partial charge in [-0.15, -0.1) is 0 Å². The van der Waals surface area contributed by atoms with E-state index in [2.05, 4.69) is 43.3 Å². The second-order valence-electron chi connectivity index (χ2n) is 7.01. The predicted octanol–water partition coefficient (Wildman–Crippen LogP) is 4.34. The Labute approximate surface area is 168 Å². The van der Waals surface area contributed by atoms with Crippen LogP contribution in [0.1, 0.15) is 42.9 Å². The Hall–Kier alpha value is -2.62. The van der Waals surface area contributed by atoms with E-state index >= 15 is 0 Å². The molecule has 0 aliphatic rings. The van der Waals surface area contributed by atoms with E-state index in [1.165, 1.54) is 16.7 Å². The quantitative estimate of drug-likeness (QED) is 0.544. The molecule has 0 N–H and O–H groups in total. The average molecular weight is 382 g/mol. The lowest BCUT2D eigenvalue weighted by Crippen LogP contribution is -2.35. The van der Waals surface area contributed by atoms with Gasteiger partial charge in [-0.05, 0) is 44.2 Å². The van der Waals surface area contributed by atoms with E-state index in [0.29, 0.717) is 26.1 Å². The van der Waals surface area contributed by atoms with Crippen LogP contribution in [-0.4, -0.2) is 36.5 Å². The summed E-state index contributed by atoms with van der Waals surface area (Å²) in [6.45, 7) is 5.26. The van der Waals surface area contributed by atoms with Crippen molar-refractivity contribution in [2.45, 2.75) is 46.0 Å². The molecular weight excluding hydrogens is 350 g/mol. The minimum absolute atomic E-state index is 0.104. The summed E-state index contributed by atoms with van der Waals surface area (Å²) in [5.74, 6) is -0.146. The van der Waals surface area contributed by atoms with Crippen LogP contribution < -0.4 is 0 Å². The fourth-order valence-corrected chi connectivity index (χ4v) is 3.09. The van der Waals surface area contributed by atoms with Crippen LogP contribution in [0.15, 0.2) is 54.6 Å². The summed E-state index contributed by atoms with van der Waals surface area (Å²) >= 11 is 0. The number of esters is 1. The second kappa shape index (κ2) is 12.0. The summed E-state index contributed by atoms with van der Waals surface area (Å²) in [4.78, 5) is 26.3. The van der Waals surface area contributed by atoms with Gasteiger partial charge >= 0.3 is 5.97 Å². The van der Waals surface area contributed by atoms with Crippen molar-refractivity contribution in [3.8, 4) is 0 Å². The van der Waals surface area contributed by atoms with Crippen LogP contribution in [0.2, 0.25) is 0 Å². The highest BCUT2D eigenvalue weighted by Gasteiger charge is 2.15. The molecule has 0 bridgehead atoms. The summed E-state index contributed by atoms with van der Waals surface area (Å²) in [7, 11) is 0. The van der Waals surface area contributed by atoms with Gasteiger partial charge in [-0.3, -0.25) is 9.59 Å². The van der Waals surface area contributed by atoms with Gasteiger partial charge in [0, 0.05) is 19.5 Å². The van der Waals surface area contributed by atoms with Gasteiger partial charge in [0.1, 0.15) is 0 Å². The molecular formula is C24H31NO3. The number of hydrogen-bond donors (Lipinski definition) is 0. The van der Waals surface area contributed by atoms with Crippen LogP contribution in [0.3, 0.4) is 0 Å². The van der Waals surface area contributed by atoms with Crippen LogP contribution in [0.4, 0.5) is 0 Å². The van der Waals surface area contributed by atoms with Gasteiger partial charge in [-0.25, -0.2) is 0 Å². The Morgan fingerprint density at radius 3 is 2.21 bits per heavy atom. The molecule has 0 aromatic heterocycles. The standard InChI is InChI=1S/C24H31NO3/c1-3-28-24(27)17-19-25(18-16-21-8-5-4-6-9-21)23(26)11-7-10-22-14-12-20(2)13-15-22/h4-6,8-9,12-15H,3,7,10-11,16-19H2,1-2H3. The average Bonchev–Trinajstić information content (AvgIpc) is 2.70. The Morgan fingerprint density at radius 1 is 0.857 bits per heavy atom. The molecule has 0 saturated carbocycles. The normalized spacial score (nSPS) is 10.5. The van der Waals surface area contributed by atoms with E-state index in [1.54, 1.807) is 11.8 Å². The molecule has 0 atom stereocenters. The number of carbonyl (C=O) groups excluding carboxylic acids is 2. The van der Waals surface area contributed by atoms with E-state index in [0.717, 1.165) is 19.3 Å². The topological polar surface area (TPSA) is 46.6 Å². The van der Waals surface area contributed by atoms with Gasteiger partial charge in [0.25, 0.3) is 0 Å². The van der Waals surface area contributed by atoms with E-state index < -0.39 is 0 Å². The molecule has 0 aliphatic carbocycles. The van der Waals surface area contributed by atoms with Crippen molar-refractivity contribution in [2.24, 2.45) is 0 Å². The largest absolute Gasteiger partial charge is 0.466 e. The van der Waals surface area contributed by atoms with Crippen LogP contribution in [0, 0.1) is 6.92 Å². The summed E-state index contributed by atoms with van der Waals surface area (Å²) in [5.41, 5.74) is 3.68. The number of benzene rings is 2. The SMILES string of the molecule is CCOC(=O)CCN(CCc1ccccc1)C(=O)CCCc1ccc(C)cc1. The molecule has 4 nitrogen and oxygen atoms in total. The van der Waals surface area contributed by atoms with Crippen molar-refractivity contribution in [1.29, 1.82) is 0 Å². The molecule has 2 aromatic carbocycles. The molecule has 2 rings (SSSR count). The summed E-state index contributed by atoms with van der Waals surface area (Å²) in [5, 5.41) is 0. The Morgan fingerprint density at radius 2 is 1.54 bits per heavy atom. The lowest BCUT2D eigenvalue weighted by atomic mass is 10.1. The minimum Gasteiger partial charge on any atom is -0.466 e. The highest BCUT2D eigenvalue weighted by atomic mass is 16.5. The molecule has 28 heavy (non-hydrogen) atoms. The van der Waals surface area contributed by atoms with E-state index in [1.807, 2.05) is 18.2 Å². The number of hydrogen-bond acceptors (Lipinski definition) is 3. The Balaban J connectivity index is 1.86. The molecule has 150 valence electrons. The highest BCUT2D eigenvalue weighted by Crippen LogP contribution is 2.10. The van der Waals surface area contributed by atoms with Gasteiger partial charge < -0.3 is 9.64 Å². The van der Waals surface area contributed by atoms with E-state index in [-0.39, 0.29) is 18.3 Å². The summed E-state index contributed by atoms with van der Waals surface area (Å²) in [6.07, 6.45) is 3.21. The zero-order valence-corrected chi connectivity index (χ0v) is 17.0. The van der Waals surface area contributed by atoms with Gasteiger partial charge in [-0.1, -0.05) is 60.2 Å². The maximum absolute atomic E-state index is 12.8. The van der Waals surface area contributed by atoms with Gasteiger partial charge in [-0.2, -0.15) is 0 Å². The fourth-order valence-electron chi connectivity index (χ4n) is 3.09. The first-order chi connectivity index (χ1) is 13.6. The van der Waals surface area contributed by atoms with Crippen molar-refractivity contribution in [2.75, 3.05) is 19.7 Å². The number of nitrogens with zero attached hydrogens (tertiary/aromatic N) is 1. The Kier molecular flexibility index (Phi) is 9.26. The Bertz CT molecular complexity index is 725. The van der Waals surface area contributed by atoms with Gasteiger partial charge in [0.05, 0.1) is 13.0 Å². The zero-order valence-electron chi connectivity index (χ0n) is 17.0. The molecule has 0 saturated heterocycles.